The molecule has 5 nitrogen and oxygen atoms in total. The number of benzene rings is 1. The van der Waals surface area contributed by atoms with E-state index in [4.69, 9.17) is 4.74 Å². The SMILES string of the molecule is CN(C)c1ncccc1N(C)C(=O)[C@H]1C[C@@]12CCOc1ccccc12. The number of carbonyl (C=O) groups is 1. The van der Waals surface area contributed by atoms with Gasteiger partial charge in [0.2, 0.25) is 5.91 Å². The molecular weight excluding hydrogens is 314 g/mol. The van der Waals surface area contributed by atoms with Crippen LogP contribution in [0, 0.1) is 5.92 Å². The first-order chi connectivity index (χ1) is 12.0. The number of fused-ring (bicyclic) bond motifs is 2. The first kappa shape index (κ1) is 15.9. The molecule has 25 heavy (non-hydrogen) atoms. The second-order valence-electron chi connectivity index (χ2n) is 7.15. The van der Waals surface area contributed by atoms with Crippen LogP contribution < -0.4 is 14.5 Å². The van der Waals surface area contributed by atoms with E-state index in [1.54, 1.807) is 11.1 Å². The van der Waals surface area contributed by atoms with Gasteiger partial charge in [0, 0.05) is 44.2 Å². The summed E-state index contributed by atoms with van der Waals surface area (Å²) >= 11 is 0. The largest absolute Gasteiger partial charge is 0.493 e. The number of pyridine rings is 1. The van der Waals surface area contributed by atoms with Crippen LogP contribution in [-0.2, 0) is 10.2 Å². The summed E-state index contributed by atoms with van der Waals surface area (Å²) in [6.45, 7) is 0.681. The zero-order valence-electron chi connectivity index (χ0n) is 14.9. The summed E-state index contributed by atoms with van der Waals surface area (Å²) in [6.07, 6.45) is 3.56. The third-order valence-corrected chi connectivity index (χ3v) is 5.48. The van der Waals surface area contributed by atoms with Crippen LogP contribution in [0.1, 0.15) is 18.4 Å². The standard InChI is InChI=1S/C20H23N3O2/c1-22(2)18-16(8-6-11-21-18)23(3)19(24)15-13-20(15)10-12-25-17-9-5-4-7-14(17)20/h4-9,11,15H,10,12-13H2,1-3H3/t15-,20-/m1/s1. The molecule has 1 amide bonds. The summed E-state index contributed by atoms with van der Waals surface area (Å²) in [4.78, 5) is 21.3. The van der Waals surface area contributed by atoms with E-state index in [1.807, 2.05) is 56.4 Å². The molecule has 1 aromatic heterocycles. The number of hydrogen-bond donors (Lipinski definition) is 0. The third kappa shape index (κ3) is 2.46. The van der Waals surface area contributed by atoms with E-state index in [0.717, 1.165) is 30.1 Å². The van der Waals surface area contributed by atoms with Crippen LogP contribution in [0.3, 0.4) is 0 Å². The summed E-state index contributed by atoms with van der Waals surface area (Å²) < 4.78 is 5.78. The van der Waals surface area contributed by atoms with Crippen molar-refractivity contribution in [3.05, 3.63) is 48.2 Å². The van der Waals surface area contributed by atoms with Crippen molar-refractivity contribution >= 4 is 17.4 Å². The lowest BCUT2D eigenvalue weighted by Crippen LogP contribution is -2.33. The van der Waals surface area contributed by atoms with Gasteiger partial charge >= 0.3 is 0 Å². The Labute approximate surface area is 148 Å². The first-order valence-corrected chi connectivity index (χ1v) is 8.67. The van der Waals surface area contributed by atoms with Gasteiger partial charge in [-0.05, 0) is 31.0 Å². The molecule has 0 bridgehead atoms. The molecule has 0 unspecified atom stereocenters. The molecule has 1 aliphatic heterocycles. The summed E-state index contributed by atoms with van der Waals surface area (Å²) in [7, 11) is 5.73. The van der Waals surface area contributed by atoms with Gasteiger partial charge in [-0.25, -0.2) is 4.98 Å². The maximum Gasteiger partial charge on any atom is 0.230 e. The molecule has 1 aromatic carbocycles. The average molecular weight is 337 g/mol. The van der Waals surface area contributed by atoms with Gasteiger partial charge < -0.3 is 14.5 Å². The van der Waals surface area contributed by atoms with Gasteiger partial charge in [0.25, 0.3) is 0 Å². The Morgan fingerprint density at radius 2 is 2.00 bits per heavy atom. The van der Waals surface area contributed by atoms with E-state index in [9.17, 15) is 4.79 Å². The number of aromatic nitrogens is 1. The highest BCUT2D eigenvalue weighted by atomic mass is 16.5. The van der Waals surface area contributed by atoms with Crippen LogP contribution in [-0.4, -0.2) is 38.6 Å². The van der Waals surface area contributed by atoms with Gasteiger partial charge in [0.15, 0.2) is 5.82 Å². The highest BCUT2D eigenvalue weighted by Crippen LogP contribution is 2.61. The molecule has 2 aromatic rings. The summed E-state index contributed by atoms with van der Waals surface area (Å²) in [5.74, 6) is 1.91. The predicted octanol–water partition coefficient (Wildman–Crippen LogP) is 2.85. The number of amides is 1. The number of nitrogens with zero attached hydrogens (tertiary/aromatic N) is 3. The van der Waals surface area contributed by atoms with Gasteiger partial charge in [0.05, 0.1) is 12.3 Å². The number of anilines is 2. The quantitative estimate of drug-likeness (QED) is 0.864. The molecule has 1 saturated carbocycles. The minimum absolute atomic E-state index is 0.0118. The van der Waals surface area contributed by atoms with E-state index in [-0.39, 0.29) is 17.2 Å². The van der Waals surface area contributed by atoms with Crippen LogP contribution >= 0.6 is 0 Å². The lowest BCUT2D eigenvalue weighted by atomic mass is 9.87. The maximum absolute atomic E-state index is 13.2. The van der Waals surface area contributed by atoms with Gasteiger partial charge in [0.1, 0.15) is 5.75 Å². The van der Waals surface area contributed by atoms with Crippen molar-refractivity contribution in [2.75, 3.05) is 37.5 Å². The predicted molar refractivity (Wildman–Crippen MR) is 98.3 cm³/mol. The molecule has 4 rings (SSSR count). The Morgan fingerprint density at radius 3 is 2.80 bits per heavy atom. The molecule has 1 spiro atoms. The van der Waals surface area contributed by atoms with Crippen LogP contribution in [0.4, 0.5) is 11.5 Å². The van der Waals surface area contributed by atoms with Crippen molar-refractivity contribution in [1.29, 1.82) is 0 Å². The van der Waals surface area contributed by atoms with E-state index >= 15 is 0 Å². The van der Waals surface area contributed by atoms with Gasteiger partial charge in [-0.15, -0.1) is 0 Å². The van der Waals surface area contributed by atoms with Crippen molar-refractivity contribution in [2.24, 2.45) is 5.92 Å². The summed E-state index contributed by atoms with van der Waals surface area (Å²) in [6, 6.07) is 12.0. The Kier molecular flexibility index (Phi) is 3.67. The lowest BCUT2D eigenvalue weighted by molar-refractivity contribution is -0.120. The van der Waals surface area contributed by atoms with Crippen LogP contribution in [0.2, 0.25) is 0 Å². The van der Waals surface area contributed by atoms with E-state index in [1.165, 1.54) is 5.56 Å². The van der Waals surface area contributed by atoms with Crippen molar-refractivity contribution in [1.82, 2.24) is 4.98 Å². The summed E-state index contributed by atoms with van der Waals surface area (Å²) in [5, 5.41) is 0. The van der Waals surface area contributed by atoms with Crippen LogP contribution in [0.15, 0.2) is 42.6 Å². The summed E-state index contributed by atoms with van der Waals surface area (Å²) in [5.41, 5.74) is 1.98. The lowest BCUT2D eigenvalue weighted by Gasteiger charge is -2.28. The zero-order chi connectivity index (χ0) is 17.6. The molecule has 5 heteroatoms. The van der Waals surface area contributed by atoms with Gasteiger partial charge in [-0.2, -0.15) is 0 Å². The Bertz CT molecular complexity index is 820. The number of carbonyl (C=O) groups excluding carboxylic acids is 1. The molecular formula is C20H23N3O2. The topological polar surface area (TPSA) is 45.7 Å². The molecule has 2 aliphatic rings. The fourth-order valence-electron chi connectivity index (χ4n) is 4.03. The fraction of sp³-hybridized carbons (Fsp3) is 0.400. The fourth-order valence-corrected chi connectivity index (χ4v) is 4.03. The van der Waals surface area contributed by atoms with E-state index in [0.29, 0.717) is 6.61 Å². The smallest absolute Gasteiger partial charge is 0.230 e. The van der Waals surface area contributed by atoms with Crippen LogP contribution in [0.25, 0.3) is 0 Å². The second-order valence-corrected chi connectivity index (χ2v) is 7.15. The molecule has 1 fully saturated rings. The maximum atomic E-state index is 13.2. The second kappa shape index (κ2) is 5.76. The van der Waals surface area contributed by atoms with Gasteiger partial charge in [-0.1, -0.05) is 18.2 Å². The minimum Gasteiger partial charge on any atom is -0.493 e. The highest BCUT2D eigenvalue weighted by molar-refractivity contribution is 6.00. The van der Waals surface area contributed by atoms with Crippen molar-refractivity contribution in [2.45, 2.75) is 18.3 Å². The van der Waals surface area contributed by atoms with Crippen LogP contribution in [0.5, 0.6) is 5.75 Å². The molecule has 0 N–H and O–H groups in total. The van der Waals surface area contributed by atoms with E-state index < -0.39 is 0 Å². The monoisotopic (exact) mass is 337 g/mol. The third-order valence-electron chi connectivity index (χ3n) is 5.48. The average Bonchev–Trinajstić information content (AvgIpc) is 3.35. The molecule has 2 heterocycles. The van der Waals surface area contributed by atoms with Crippen molar-refractivity contribution in [3.8, 4) is 5.75 Å². The number of rotatable bonds is 3. The zero-order valence-corrected chi connectivity index (χ0v) is 14.9. The first-order valence-electron chi connectivity index (χ1n) is 8.67. The number of ether oxygens (including phenoxy) is 1. The molecule has 0 radical (unpaired) electrons. The van der Waals surface area contributed by atoms with Crippen molar-refractivity contribution < 1.29 is 9.53 Å². The molecule has 130 valence electrons. The normalized spacial score (nSPS) is 23.6. The Balaban J connectivity index is 1.62. The molecule has 2 atom stereocenters. The molecule has 1 aliphatic carbocycles. The van der Waals surface area contributed by atoms with Crippen molar-refractivity contribution in [3.63, 3.8) is 0 Å². The Hall–Kier alpha value is -2.56. The van der Waals surface area contributed by atoms with Gasteiger partial charge in [-0.3, -0.25) is 4.79 Å². The minimum atomic E-state index is -0.0549. The molecule has 0 saturated heterocycles. The highest BCUT2D eigenvalue weighted by Gasteiger charge is 2.61. The Morgan fingerprint density at radius 1 is 1.20 bits per heavy atom. The van der Waals surface area contributed by atoms with E-state index in [2.05, 4.69) is 11.1 Å². The number of hydrogen-bond acceptors (Lipinski definition) is 4. The number of para-hydroxylation sites is 1.